The van der Waals surface area contributed by atoms with E-state index in [1.54, 1.807) is 4.90 Å². The summed E-state index contributed by atoms with van der Waals surface area (Å²) in [5.41, 5.74) is 0. The molecule has 0 bridgehead atoms. The van der Waals surface area contributed by atoms with Crippen LogP contribution in [0.4, 0.5) is 0 Å². The second-order valence-electron chi connectivity index (χ2n) is 6.68. The quantitative estimate of drug-likeness (QED) is 0.751. The van der Waals surface area contributed by atoms with Crippen LogP contribution in [0.25, 0.3) is 0 Å². The molecule has 3 heteroatoms. The van der Waals surface area contributed by atoms with Crippen LogP contribution in [-0.2, 0) is 4.79 Å². The molecule has 112 valence electrons. The largest absolute Gasteiger partial charge is 0.347 e. The molecule has 1 amide bonds. The third-order valence-electron chi connectivity index (χ3n) is 4.07. The minimum atomic E-state index is -0.00162. The molecule has 19 heavy (non-hydrogen) atoms. The topological polar surface area (TPSA) is 32.3 Å². The Bertz CT molecular complexity index is 255. The van der Waals surface area contributed by atoms with Crippen LogP contribution in [-0.4, -0.2) is 37.5 Å². The molecule has 1 fully saturated rings. The molecule has 1 unspecified atom stereocenters. The zero-order chi connectivity index (χ0) is 14.3. The zero-order valence-corrected chi connectivity index (χ0v) is 13.2. The van der Waals surface area contributed by atoms with Gasteiger partial charge in [-0.3, -0.25) is 4.79 Å². The Kier molecular flexibility index (Phi) is 7.44. The van der Waals surface area contributed by atoms with Gasteiger partial charge in [0.2, 0.25) is 5.91 Å². The molecule has 0 radical (unpaired) electrons. The summed E-state index contributed by atoms with van der Waals surface area (Å²) in [4.78, 5) is 13.9. The number of hydrogen-bond donors (Lipinski definition) is 1. The summed E-state index contributed by atoms with van der Waals surface area (Å²) in [6.07, 6.45) is 9.11. The Hall–Kier alpha value is -0.570. The van der Waals surface area contributed by atoms with Gasteiger partial charge in [0.1, 0.15) is 0 Å². The van der Waals surface area contributed by atoms with Crippen LogP contribution in [0.2, 0.25) is 0 Å². The Morgan fingerprint density at radius 1 is 1.16 bits per heavy atom. The lowest BCUT2D eigenvalue weighted by atomic mass is 9.98. The minimum Gasteiger partial charge on any atom is -0.347 e. The molecule has 0 aliphatic heterocycles. The molecular weight excluding hydrogens is 236 g/mol. The third-order valence-corrected chi connectivity index (χ3v) is 4.07. The monoisotopic (exact) mass is 268 g/mol. The molecule has 1 N–H and O–H groups in total. The average Bonchev–Trinajstić information content (AvgIpc) is 2.61. The molecule has 0 aromatic rings. The van der Waals surface area contributed by atoms with Crippen LogP contribution >= 0.6 is 0 Å². The fourth-order valence-corrected chi connectivity index (χ4v) is 2.93. The van der Waals surface area contributed by atoms with Gasteiger partial charge in [-0.2, -0.15) is 0 Å². The lowest BCUT2D eigenvalue weighted by molar-refractivity contribution is -0.131. The number of carbonyl (C=O) groups excluding carboxylic acids is 1. The van der Waals surface area contributed by atoms with Gasteiger partial charge in [0.25, 0.3) is 0 Å². The SMILES string of the molecule is CC(C)CC(NCC1CCCCCC1)C(=O)N(C)C. The molecule has 0 aromatic carbocycles. The first-order chi connectivity index (χ1) is 9.00. The Morgan fingerprint density at radius 2 is 1.74 bits per heavy atom. The van der Waals surface area contributed by atoms with Gasteiger partial charge in [-0.15, -0.1) is 0 Å². The van der Waals surface area contributed by atoms with Crippen molar-refractivity contribution in [2.75, 3.05) is 20.6 Å². The van der Waals surface area contributed by atoms with Gasteiger partial charge in [0.15, 0.2) is 0 Å². The summed E-state index contributed by atoms with van der Waals surface area (Å²) in [6, 6.07) is -0.00162. The third kappa shape index (κ3) is 6.42. The predicted octanol–water partition coefficient (Wildman–Crippen LogP) is 3.05. The number of rotatable bonds is 6. The molecule has 1 aliphatic carbocycles. The van der Waals surface area contributed by atoms with Crippen LogP contribution in [0.15, 0.2) is 0 Å². The molecule has 3 nitrogen and oxygen atoms in total. The van der Waals surface area contributed by atoms with Gasteiger partial charge >= 0.3 is 0 Å². The number of hydrogen-bond acceptors (Lipinski definition) is 2. The van der Waals surface area contributed by atoms with Gasteiger partial charge < -0.3 is 10.2 Å². The maximum atomic E-state index is 12.2. The average molecular weight is 268 g/mol. The fourth-order valence-electron chi connectivity index (χ4n) is 2.93. The Labute approximate surface area is 119 Å². The van der Waals surface area contributed by atoms with E-state index in [1.165, 1.54) is 38.5 Å². The van der Waals surface area contributed by atoms with Crippen molar-refractivity contribution < 1.29 is 4.79 Å². The molecule has 0 aromatic heterocycles. The van der Waals surface area contributed by atoms with Crippen LogP contribution in [0, 0.1) is 11.8 Å². The number of nitrogens with zero attached hydrogens (tertiary/aromatic N) is 1. The van der Waals surface area contributed by atoms with E-state index in [0.29, 0.717) is 5.92 Å². The summed E-state index contributed by atoms with van der Waals surface area (Å²) < 4.78 is 0. The van der Waals surface area contributed by atoms with Crippen LogP contribution in [0.3, 0.4) is 0 Å². The van der Waals surface area contributed by atoms with Crippen molar-refractivity contribution in [3.8, 4) is 0 Å². The minimum absolute atomic E-state index is 0.00162. The van der Waals surface area contributed by atoms with E-state index >= 15 is 0 Å². The fraction of sp³-hybridized carbons (Fsp3) is 0.938. The Balaban J connectivity index is 2.44. The molecule has 0 spiro atoms. The molecule has 1 rings (SSSR count). The van der Waals surface area contributed by atoms with E-state index in [9.17, 15) is 4.79 Å². The van der Waals surface area contributed by atoms with E-state index in [0.717, 1.165) is 18.9 Å². The highest BCUT2D eigenvalue weighted by atomic mass is 16.2. The highest BCUT2D eigenvalue weighted by Gasteiger charge is 2.22. The summed E-state index contributed by atoms with van der Waals surface area (Å²) in [5.74, 6) is 1.55. The summed E-state index contributed by atoms with van der Waals surface area (Å²) in [5, 5.41) is 3.54. The number of carbonyl (C=O) groups is 1. The molecule has 0 heterocycles. The van der Waals surface area contributed by atoms with E-state index in [2.05, 4.69) is 19.2 Å². The number of amides is 1. The molecule has 1 atom stereocenters. The second kappa shape index (κ2) is 8.57. The van der Waals surface area contributed by atoms with Crippen molar-refractivity contribution in [2.24, 2.45) is 11.8 Å². The van der Waals surface area contributed by atoms with Crippen molar-refractivity contribution in [3.05, 3.63) is 0 Å². The van der Waals surface area contributed by atoms with E-state index in [1.807, 2.05) is 14.1 Å². The first kappa shape index (κ1) is 16.5. The Morgan fingerprint density at radius 3 is 2.21 bits per heavy atom. The first-order valence-electron chi connectivity index (χ1n) is 7.95. The smallest absolute Gasteiger partial charge is 0.239 e. The summed E-state index contributed by atoms with van der Waals surface area (Å²) in [6.45, 7) is 5.38. The van der Waals surface area contributed by atoms with Gasteiger partial charge in [0, 0.05) is 14.1 Å². The first-order valence-corrected chi connectivity index (χ1v) is 7.95. The molecular formula is C16H32N2O. The lowest BCUT2D eigenvalue weighted by Crippen LogP contribution is -2.45. The maximum Gasteiger partial charge on any atom is 0.239 e. The van der Waals surface area contributed by atoms with Crippen molar-refractivity contribution >= 4 is 5.91 Å². The van der Waals surface area contributed by atoms with E-state index in [4.69, 9.17) is 0 Å². The molecule has 1 saturated carbocycles. The van der Waals surface area contributed by atoms with Crippen LogP contribution < -0.4 is 5.32 Å². The second-order valence-corrected chi connectivity index (χ2v) is 6.68. The van der Waals surface area contributed by atoms with Crippen molar-refractivity contribution in [2.45, 2.75) is 64.8 Å². The number of nitrogens with one attached hydrogen (secondary N) is 1. The standard InChI is InChI=1S/C16H32N2O/c1-13(2)11-15(16(19)18(3)4)17-12-14-9-7-5-6-8-10-14/h13-15,17H,5-12H2,1-4H3. The van der Waals surface area contributed by atoms with Crippen LogP contribution in [0.1, 0.15) is 58.8 Å². The van der Waals surface area contributed by atoms with Gasteiger partial charge in [0.05, 0.1) is 6.04 Å². The van der Waals surface area contributed by atoms with E-state index in [-0.39, 0.29) is 11.9 Å². The van der Waals surface area contributed by atoms with Gasteiger partial charge in [-0.05, 0) is 37.6 Å². The van der Waals surface area contributed by atoms with Crippen molar-refractivity contribution in [1.29, 1.82) is 0 Å². The summed E-state index contributed by atoms with van der Waals surface area (Å²) >= 11 is 0. The lowest BCUT2D eigenvalue weighted by Gasteiger charge is -2.25. The molecule has 1 aliphatic rings. The predicted molar refractivity (Wildman–Crippen MR) is 81.1 cm³/mol. The normalized spacial score (nSPS) is 19.2. The summed E-state index contributed by atoms with van der Waals surface area (Å²) in [7, 11) is 3.70. The molecule has 0 saturated heterocycles. The van der Waals surface area contributed by atoms with Crippen LogP contribution in [0.5, 0.6) is 0 Å². The van der Waals surface area contributed by atoms with Crippen molar-refractivity contribution in [3.63, 3.8) is 0 Å². The van der Waals surface area contributed by atoms with Gasteiger partial charge in [-0.25, -0.2) is 0 Å². The maximum absolute atomic E-state index is 12.2. The van der Waals surface area contributed by atoms with Gasteiger partial charge in [-0.1, -0.05) is 39.5 Å². The zero-order valence-electron chi connectivity index (χ0n) is 13.2. The highest BCUT2D eigenvalue weighted by molar-refractivity contribution is 5.81. The highest BCUT2D eigenvalue weighted by Crippen LogP contribution is 2.22. The van der Waals surface area contributed by atoms with E-state index < -0.39 is 0 Å². The van der Waals surface area contributed by atoms with Crippen molar-refractivity contribution in [1.82, 2.24) is 10.2 Å². The number of likely N-dealkylation sites (N-methyl/N-ethyl adjacent to an activating group) is 1.